The lowest BCUT2D eigenvalue weighted by Crippen LogP contribution is -1.90. The molecule has 0 bridgehead atoms. The molecule has 0 aliphatic carbocycles. The predicted molar refractivity (Wildman–Crippen MR) is 83.4 cm³/mol. The average molecular weight is 270 g/mol. The van der Waals surface area contributed by atoms with Gasteiger partial charge in [0.15, 0.2) is 5.12 Å². The molecule has 0 spiro atoms. The van der Waals surface area contributed by atoms with Crippen LogP contribution >= 0.6 is 11.8 Å². The Labute approximate surface area is 118 Å². The molecule has 19 heavy (non-hydrogen) atoms. The lowest BCUT2D eigenvalue weighted by molar-refractivity contribution is -0.110. The molecule has 0 aromatic heterocycles. The van der Waals surface area contributed by atoms with Gasteiger partial charge in [-0.15, -0.1) is 0 Å². The number of carbonyl (C=O) groups is 1. The molecule has 0 saturated carbocycles. The molecule has 98 valence electrons. The van der Waals surface area contributed by atoms with Crippen molar-refractivity contribution < 1.29 is 4.79 Å². The zero-order chi connectivity index (χ0) is 13.7. The molecule has 2 rings (SSSR count). The number of benzene rings is 2. The zero-order valence-corrected chi connectivity index (χ0v) is 12.1. The van der Waals surface area contributed by atoms with Crippen molar-refractivity contribution in [1.82, 2.24) is 0 Å². The normalized spacial score (nSPS) is 11.5. The third-order valence-corrected chi connectivity index (χ3v) is 3.75. The fourth-order valence-corrected chi connectivity index (χ4v) is 2.75. The summed E-state index contributed by atoms with van der Waals surface area (Å²) in [5, 5.41) is 2.52. The van der Waals surface area contributed by atoms with Crippen molar-refractivity contribution in [3.63, 3.8) is 0 Å². The van der Waals surface area contributed by atoms with Gasteiger partial charge in [-0.25, -0.2) is 0 Å². The van der Waals surface area contributed by atoms with E-state index in [0.29, 0.717) is 12.3 Å². The van der Waals surface area contributed by atoms with Crippen molar-refractivity contribution in [1.29, 1.82) is 0 Å². The van der Waals surface area contributed by atoms with E-state index in [2.05, 4.69) is 38.1 Å². The van der Waals surface area contributed by atoms with E-state index in [-0.39, 0.29) is 5.12 Å². The molecular weight excluding hydrogens is 252 g/mol. The Morgan fingerprint density at radius 1 is 1.16 bits per heavy atom. The van der Waals surface area contributed by atoms with Crippen LogP contribution in [0.1, 0.15) is 20.3 Å². The van der Waals surface area contributed by atoms with Crippen LogP contribution in [-0.4, -0.2) is 5.12 Å². The van der Waals surface area contributed by atoms with Crippen molar-refractivity contribution in [2.24, 2.45) is 5.92 Å². The summed E-state index contributed by atoms with van der Waals surface area (Å²) in [7, 11) is 0. The second-order valence-corrected chi connectivity index (χ2v) is 5.93. The first-order valence-corrected chi connectivity index (χ1v) is 7.33. The van der Waals surface area contributed by atoms with E-state index in [0.717, 1.165) is 10.3 Å². The Hall–Kier alpha value is -1.54. The van der Waals surface area contributed by atoms with E-state index in [1.165, 1.54) is 17.1 Å². The molecule has 0 N–H and O–H groups in total. The van der Waals surface area contributed by atoms with Crippen LogP contribution in [0.5, 0.6) is 0 Å². The Morgan fingerprint density at radius 3 is 2.68 bits per heavy atom. The maximum atomic E-state index is 11.9. The van der Waals surface area contributed by atoms with Crippen LogP contribution in [0.4, 0.5) is 0 Å². The first kappa shape index (κ1) is 13.9. The molecule has 0 saturated heterocycles. The first-order valence-electron chi connectivity index (χ1n) is 6.52. The van der Waals surface area contributed by atoms with E-state index in [4.69, 9.17) is 0 Å². The van der Waals surface area contributed by atoms with Gasteiger partial charge in [0.2, 0.25) is 0 Å². The fraction of sp³-hybridized carbons (Fsp3) is 0.235. The van der Waals surface area contributed by atoms with Crippen LogP contribution in [0, 0.1) is 5.92 Å². The summed E-state index contributed by atoms with van der Waals surface area (Å²) in [4.78, 5) is 13.0. The molecule has 0 radical (unpaired) electrons. The standard InChI is InChI=1S/C17H18OS/c1-13(2)7-5-12-17(18)19-16-11-6-9-14-8-3-4-10-15(14)16/h3-11,13H,12H2,1-2H3/b7-5+. The van der Waals surface area contributed by atoms with Gasteiger partial charge in [-0.05, 0) is 22.8 Å². The van der Waals surface area contributed by atoms with Gasteiger partial charge in [-0.1, -0.05) is 74.2 Å². The van der Waals surface area contributed by atoms with Gasteiger partial charge in [0.05, 0.1) is 0 Å². The molecule has 2 aromatic rings. The van der Waals surface area contributed by atoms with E-state index in [9.17, 15) is 4.79 Å². The van der Waals surface area contributed by atoms with Gasteiger partial charge >= 0.3 is 0 Å². The lowest BCUT2D eigenvalue weighted by Gasteiger charge is -2.04. The highest BCUT2D eigenvalue weighted by molar-refractivity contribution is 8.13. The zero-order valence-electron chi connectivity index (χ0n) is 11.3. The minimum absolute atomic E-state index is 0.188. The lowest BCUT2D eigenvalue weighted by atomic mass is 10.1. The van der Waals surface area contributed by atoms with Crippen molar-refractivity contribution in [2.75, 3.05) is 0 Å². The number of carbonyl (C=O) groups excluding carboxylic acids is 1. The summed E-state index contributed by atoms with van der Waals surface area (Å²) in [5.41, 5.74) is 0. The molecule has 0 heterocycles. The largest absolute Gasteiger partial charge is 0.286 e. The summed E-state index contributed by atoms with van der Waals surface area (Å²) >= 11 is 1.33. The van der Waals surface area contributed by atoms with Crippen LogP contribution in [-0.2, 0) is 4.79 Å². The molecule has 0 amide bonds. The van der Waals surface area contributed by atoms with Crippen LogP contribution in [0.15, 0.2) is 59.5 Å². The fourth-order valence-electron chi connectivity index (χ4n) is 1.89. The number of hydrogen-bond donors (Lipinski definition) is 0. The third kappa shape index (κ3) is 3.97. The van der Waals surface area contributed by atoms with Gasteiger partial charge in [0.25, 0.3) is 0 Å². The third-order valence-electron chi connectivity index (χ3n) is 2.78. The smallest absolute Gasteiger partial charge is 0.197 e. The average Bonchev–Trinajstić information content (AvgIpc) is 2.39. The molecule has 1 nitrogen and oxygen atoms in total. The van der Waals surface area contributed by atoms with Crippen molar-refractivity contribution in [3.8, 4) is 0 Å². The van der Waals surface area contributed by atoms with E-state index < -0.39 is 0 Å². The number of rotatable bonds is 4. The summed E-state index contributed by atoms with van der Waals surface area (Å²) < 4.78 is 0. The van der Waals surface area contributed by atoms with Crippen molar-refractivity contribution in [2.45, 2.75) is 25.2 Å². The molecular formula is C17H18OS. The van der Waals surface area contributed by atoms with Crippen molar-refractivity contribution in [3.05, 3.63) is 54.6 Å². The second-order valence-electron chi connectivity index (χ2n) is 4.83. The highest BCUT2D eigenvalue weighted by atomic mass is 32.2. The monoisotopic (exact) mass is 270 g/mol. The maximum Gasteiger partial charge on any atom is 0.197 e. The Morgan fingerprint density at radius 2 is 1.89 bits per heavy atom. The molecule has 0 aliphatic rings. The van der Waals surface area contributed by atoms with Crippen LogP contribution in [0.3, 0.4) is 0 Å². The van der Waals surface area contributed by atoms with Crippen LogP contribution in [0.2, 0.25) is 0 Å². The summed E-state index contributed by atoms with van der Waals surface area (Å²) in [6.45, 7) is 4.22. The molecule has 2 heteroatoms. The van der Waals surface area contributed by atoms with Gasteiger partial charge in [0.1, 0.15) is 0 Å². The number of fused-ring (bicyclic) bond motifs is 1. The van der Waals surface area contributed by atoms with Gasteiger partial charge < -0.3 is 0 Å². The minimum atomic E-state index is 0.188. The summed E-state index contributed by atoms with van der Waals surface area (Å²) in [6.07, 6.45) is 4.53. The quantitative estimate of drug-likeness (QED) is 0.570. The molecule has 0 aliphatic heterocycles. The van der Waals surface area contributed by atoms with E-state index in [1.807, 2.05) is 30.3 Å². The Kier molecular flexibility index (Phi) is 4.80. The SMILES string of the molecule is CC(C)/C=C/CC(=O)Sc1cccc2ccccc12. The number of allylic oxidation sites excluding steroid dienone is 2. The molecule has 0 unspecified atom stereocenters. The highest BCUT2D eigenvalue weighted by Gasteiger charge is 2.06. The minimum Gasteiger partial charge on any atom is -0.286 e. The van der Waals surface area contributed by atoms with Crippen molar-refractivity contribution >= 4 is 27.6 Å². The summed E-state index contributed by atoms with van der Waals surface area (Å²) in [6, 6.07) is 14.2. The van der Waals surface area contributed by atoms with Crippen LogP contribution < -0.4 is 0 Å². The predicted octanol–water partition coefficient (Wildman–Crippen LogP) is 5.06. The van der Waals surface area contributed by atoms with Gasteiger partial charge in [0, 0.05) is 11.3 Å². The maximum absolute atomic E-state index is 11.9. The second kappa shape index (κ2) is 6.58. The highest BCUT2D eigenvalue weighted by Crippen LogP contribution is 2.28. The van der Waals surface area contributed by atoms with E-state index >= 15 is 0 Å². The van der Waals surface area contributed by atoms with E-state index in [1.54, 1.807) is 0 Å². The molecule has 0 atom stereocenters. The number of hydrogen-bond acceptors (Lipinski definition) is 2. The first-order chi connectivity index (χ1) is 9.16. The molecule has 0 fully saturated rings. The Balaban J connectivity index is 2.11. The van der Waals surface area contributed by atoms with Crippen LogP contribution in [0.25, 0.3) is 10.8 Å². The number of thioether (sulfide) groups is 1. The topological polar surface area (TPSA) is 17.1 Å². The van der Waals surface area contributed by atoms with Gasteiger partial charge in [-0.2, -0.15) is 0 Å². The Bertz CT molecular complexity index is 594. The van der Waals surface area contributed by atoms with Gasteiger partial charge in [-0.3, -0.25) is 4.79 Å². The molecule has 2 aromatic carbocycles. The summed E-state index contributed by atoms with van der Waals surface area (Å²) in [5.74, 6) is 0.496.